The van der Waals surface area contributed by atoms with E-state index < -0.39 is 0 Å². The summed E-state index contributed by atoms with van der Waals surface area (Å²) in [6.45, 7) is 6.95. The van der Waals surface area contributed by atoms with Gasteiger partial charge in [-0.2, -0.15) is 0 Å². The van der Waals surface area contributed by atoms with Crippen molar-refractivity contribution in [2.45, 2.75) is 13.5 Å². The van der Waals surface area contributed by atoms with Gasteiger partial charge in [-0.05, 0) is 30.3 Å². The number of nitrogens with zero attached hydrogens (tertiary/aromatic N) is 3. The van der Waals surface area contributed by atoms with Crippen LogP contribution in [0.15, 0.2) is 36.7 Å². The molecule has 1 aromatic carbocycles. The third-order valence-electron chi connectivity index (χ3n) is 4.84. The van der Waals surface area contributed by atoms with Crippen LogP contribution in [-0.4, -0.2) is 42.2 Å². The van der Waals surface area contributed by atoms with E-state index in [1.807, 2.05) is 18.3 Å². The smallest absolute Gasteiger partial charge is 0.138 e. The highest BCUT2D eigenvalue weighted by atomic mass is 35.5. The van der Waals surface area contributed by atoms with Crippen molar-refractivity contribution in [1.82, 2.24) is 14.7 Å². The quantitative estimate of drug-likeness (QED) is 0.689. The first-order valence-electron chi connectivity index (χ1n) is 9.16. The van der Waals surface area contributed by atoms with Gasteiger partial charge >= 0.3 is 0 Å². The van der Waals surface area contributed by atoms with Crippen LogP contribution in [0.2, 0.25) is 10.0 Å². The molecule has 0 bridgehead atoms. The number of ether oxygens (including phenoxy) is 1. The molecule has 0 aliphatic carbocycles. The van der Waals surface area contributed by atoms with Crippen molar-refractivity contribution in [3.05, 3.63) is 52.3 Å². The topological polar surface area (TPSA) is 41.8 Å². The van der Waals surface area contributed by atoms with Crippen LogP contribution < -0.4 is 10.2 Å². The molecule has 0 radical (unpaired) electrons. The molecule has 0 amide bonds. The molecule has 4 rings (SSSR count). The fourth-order valence-corrected chi connectivity index (χ4v) is 3.94. The number of nitrogens with one attached hydrogen (secondary N) is 1. The van der Waals surface area contributed by atoms with Crippen LogP contribution >= 0.6 is 23.2 Å². The predicted octanol–water partition coefficient (Wildman–Crippen LogP) is 4.25. The SMILES string of the molecule is CCNCc1cc2ncc(N3CCOCC3)n2cc1-c1ccc(Cl)cc1Cl. The fourth-order valence-electron chi connectivity index (χ4n) is 3.43. The Balaban J connectivity index is 1.85. The lowest BCUT2D eigenvalue weighted by molar-refractivity contribution is 0.122. The Bertz CT molecular complexity index is 951. The monoisotopic (exact) mass is 404 g/mol. The minimum absolute atomic E-state index is 0.634. The van der Waals surface area contributed by atoms with Gasteiger partial charge in [-0.3, -0.25) is 4.40 Å². The predicted molar refractivity (Wildman–Crippen MR) is 111 cm³/mol. The molecule has 7 heteroatoms. The Kier molecular flexibility index (Phi) is 5.55. The van der Waals surface area contributed by atoms with E-state index in [1.54, 1.807) is 6.07 Å². The van der Waals surface area contributed by atoms with Crippen molar-refractivity contribution in [2.24, 2.45) is 0 Å². The van der Waals surface area contributed by atoms with Crippen LogP contribution in [0.4, 0.5) is 5.82 Å². The highest BCUT2D eigenvalue weighted by Gasteiger charge is 2.18. The van der Waals surface area contributed by atoms with E-state index in [0.717, 1.165) is 67.5 Å². The summed E-state index contributed by atoms with van der Waals surface area (Å²) >= 11 is 12.6. The van der Waals surface area contributed by atoms with Crippen LogP contribution in [0.1, 0.15) is 12.5 Å². The molecule has 2 aromatic heterocycles. The van der Waals surface area contributed by atoms with Gasteiger partial charge < -0.3 is 15.0 Å². The van der Waals surface area contributed by atoms with Crippen LogP contribution in [0.3, 0.4) is 0 Å². The second kappa shape index (κ2) is 8.07. The second-order valence-electron chi connectivity index (χ2n) is 6.56. The zero-order valence-corrected chi connectivity index (χ0v) is 16.7. The molecule has 0 spiro atoms. The summed E-state index contributed by atoms with van der Waals surface area (Å²) < 4.78 is 7.62. The maximum atomic E-state index is 6.53. The molecule has 5 nitrogen and oxygen atoms in total. The molecular weight excluding hydrogens is 383 g/mol. The van der Waals surface area contributed by atoms with E-state index in [1.165, 1.54) is 0 Å². The summed E-state index contributed by atoms with van der Waals surface area (Å²) in [4.78, 5) is 6.94. The van der Waals surface area contributed by atoms with Crippen LogP contribution in [-0.2, 0) is 11.3 Å². The summed E-state index contributed by atoms with van der Waals surface area (Å²) in [7, 11) is 0. The molecule has 0 saturated carbocycles. The Morgan fingerprint density at radius 2 is 1.96 bits per heavy atom. The number of hydrogen-bond acceptors (Lipinski definition) is 4. The molecule has 142 valence electrons. The first-order chi connectivity index (χ1) is 13.2. The van der Waals surface area contributed by atoms with Crippen molar-refractivity contribution in [3.8, 4) is 11.1 Å². The third kappa shape index (κ3) is 3.78. The first kappa shape index (κ1) is 18.6. The van der Waals surface area contributed by atoms with E-state index >= 15 is 0 Å². The number of benzene rings is 1. The third-order valence-corrected chi connectivity index (χ3v) is 5.38. The van der Waals surface area contributed by atoms with E-state index in [9.17, 15) is 0 Å². The van der Waals surface area contributed by atoms with Gasteiger partial charge in [0.25, 0.3) is 0 Å². The van der Waals surface area contributed by atoms with Gasteiger partial charge in [0.05, 0.1) is 19.4 Å². The van der Waals surface area contributed by atoms with Crippen molar-refractivity contribution >= 4 is 34.7 Å². The normalized spacial score (nSPS) is 14.9. The minimum atomic E-state index is 0.634. The lowest BCUT2D eigenvalue weighted by Crippen LogP contribution is -2.36. The second-order valence-corrected chi connectivity index (χ2v) is 7.40. The standard InChI is InChI=1S/C20H22Cl2N4O/c1-2-23-11-14-9-19-24-12-20(25-5-7-27-8-6-25)26(19)13-17(14)16-4-3-15(21)10-18(16)22/h3-4,9-10,12-13,23H,2,5-8,11H2,1H3. The van der Waals surface area contributed by atoms with Crippen molar-refractivity contribution < 1.29 is 4.74 Å². The molecule has 3 heterocycles. The van der Waals surface area contributed by atoms with Gasteiger partial charge in [0.2, 0.25) is 0 Å². The van der Waals surface area contributed by atoms with Gasteiger partial charge in [-0.25, -0.2) is 4.98 Å². The molecule has 1 saturated heterocycles. The molecule has 3 aromatic rings. The van der Waals surface area contributed by atoms with Gasteiger partial charge in [-0.1, -0.05) is 36.2 Å². The number of anilines is 1. The van der Waals surface area contributed by atoms with Crippen molar-refractivity contribution in [3.63, 3.8) is 0 Å². The summed E-state index contributed by atoms with van der Waals surface area (Å²) in [5.74, 6) is 1.08. The lowest BCUT2D eigenvalue weighted by atomic mass is 10.0. The lowest BCUT2D eigenvalue weighted by Gasteiger charge is -2.28. The van der Waals surface area contributed by atoms with Gasteiger partial charge in [0.15, 0.2) is 0 Å². The molecule has 27 heavy (non-hydrogen) atoms. The number of morpholine rings is 1. The fraction of sp³-hybridized carbons (Fsp3) is 0.350. The Labute approximate surface area is 168 Å². The van der Waals surface area contributed by atoms with E-state index in [0.29, 0.717) is 10.0 Å². The number of fused-ring (bicyclic) bond motifs is 1. The summed E-state index contributed by atoms with van der Waals surface area (Å²) in [5.41, 5.74) is 4.14. The average Bonchev–Trinajstić information content (AvgIpc) is 3.09. The van der Waals surface area contributed by atoms with E-state index in [2.05, 4.69) is 38.8 Å². The number of imidazole rings is 1. The average molecular weight is 405 g/mol. The van der Waals surface area contributed by atoms with Crippen LogP contribution in [0.5, 0.6) is 0 Å². The maximum Gasteiger partial charge on any atom is 0.138 e. The number of pyridine rings is 1. The van der Waals surface area contributed by atoms with Crippen LogP contribution in [0.25, 0.3) is 16.8 Å². The zero-order valence-electron chi connectivity index (χ0n) is 15.2. The molecule has 0 atom stereocenters. The summed E-state index contributed by atoms with van der Waals surface area (Å²) in [6, 6.07) is 7.77. The minimum Gasteiger partial charge on any atom is -0.378 e. The molecule has 1 fully saturated rings. The summed E-state index contributed by atoms with van der Waals surface area (Å²) in [5, 5.41) is 4.69. The first-order valence-corrected chi connectivity index (χ1v) is 9.92. The van der Waals surface area contributed by atoms with E-state index in [4.69, 9.17) is 27.9 Å². The number of aromatic nitrogens is 2. The van der Waals surface area contributed by atoms with Gasteiger partial charge in [0.1, 0.15) is 11.5 Å². The Morgan fingerprint density at radius 1 is 1.15 bits per heavy atom. The van der Waals surface area contributed by atoms with Gasteiger partial charge in [0, 0.05) is 47.0 Å². The van der Waals surface area contributed by atoms with E-state index in [-0.39, 0.29) is 0 Å². The van der Waals surface area contributed by atoms with Gasteiger partial charge in [-0.15, -0.1) is 0 Å². The molecule has 0 unspecified atom stereocenters. The highest BCUT2D eigenvalue weighted by molar-refractivity contribution is 6.36. The number of rotatable bonds is 5. The molecule has 1 N–H and O–H groups in total. The molecule has 1 aliphatic heterocycles. The maximum absolute atomic E-state index is 6.53. The Morgan fingerprint density at radius 3 is 2.70 bits per heavy atom. The highest BCUT2D eigenvalue weighted by Crippen LogP contribution is 2.34. The number of halogens is 2. The summed E-state index contributed by atoms with van der Waals surface area (Å²) in [6.07, 6.45) is 4.07. The largest absolute Gasteiger partial charge is 0.378 e. The van der Waals surface area contributed by atoms with Crippen molar-refractivity contribution in [1.29, 1.82) is 0 Å². The molecular formula is C20H22Cl2N4O. The molecule has 1 aliphatic rings. The van der Waals surface area contributed by atoms with Crippen molar-refractivity contribution in [2.75, 3.05) is 37.7 Å². The van der Waals surface area contributed by atoms with Crippen LogP contribution in [0, 0.1) is 0 Å². The number of hydrogen-bond donors (Lipinski definition) is 1. The zero-order chi connectivity index (χ0) is 18.8. The Hall–Kier alpha value is -1.79.